The number of amides is 2. The van der Waals surface area contributed by atoms with Crippen LogP contribution in [0.3, 0.4) is 0 Å². The number of aliphatic imine (C=N–C) groups is 1. The minimum absolute atomic E-state index is 0. The van der Waals surface area contributed by atoms with Crippen LogP contribution in [0.4, 0.5) is 0 Å². The summed E-state index contributed by atoms with van der Waals surface area (Å²) in [6.07, 6.45) is 0. The standard InChI is InChI=1S/C21H29N7O2.HI/c1-14-18(15(2)27(4)26-14)12-25-21(22-3)24-11-16-5-7-17(8-6-16)20(30)28-10-9-23-19(29)13-28;/h5-8H,9-13H2,1-4H3,(H,23,29)(H2,22,24,25);1H. The average molecular weight is 539 g/mol. The van der Waals surface area contributed by atoms with Crippen LogP contribution in [0.15, 0.2) is 29.3 Å². The molecule has 2 heterocycles. The Morgan fingerprint density at radius 3 is 2.45 bits per heavy atom. The van der Waals surface area contributed by atoms with Gasteiger partial charge in [0.25, 0.3) is 5.91 Å². The third-order valence-corrected chi connectivity index (χ3v) is 5.30. The lowest BCUT2D eigenvalue weighted by atomic mass is 10.1. The third kappa shape index (κ3) is 6.18. The largest absolute Gasteiger partial charge is 0.353 e. The first-order chi connectivity index (χ1) is 14.4. The van der Waals surface area contributed by atoms with Crippen LogP contribution < -0.4 is 16.0 Å². The van der Waals surface area contributed by atoms with E-state index in [1.165, 1.54) is 0 Å². The van der Waals surface area contributed by atoms with E-state index >= 15 is 0 Å². The molecule has 0 atom stereocenters. The smallest absolute Gasteiger partial charge is 0.254 e. The van der Waals surface area contributed by atoms with Gasteiger partial charge in [-0.15, -0.1) is 24.0 Å². The SMILES string of the molecule is CN=C(NCc1ccc(C(=O)N2CCNC(=O)C2)cc1)NCc1c(C)nn(C)c1C.I. The van der Waals surface area contributed by atoms with E-state index < -0.39 is 0 Å². The van der Waals surface area contributed by atoms with Crippen molar-refractivity contribution in [2.24, 2.45) is 12.0 Å². The van der Waals surface area contributed by atoms with Gasteiger partial charge >= 0.3 is 0 Å². The fourth-order valence-corrected chi connectivity index (χ4v) is 3.41. The summed E-state index contributed by atoms with van der Waals surface area (Å²) >= 11 is 0. The lowest BCUT2D eigenvalue weighted by Crippen LogP contribution is -2.49. The summed E-state index contributed by atoms with van der Waals surface area (Å²) < 4.78 is 1.88. The maximum absolute atomic E-state index is 12.5. The summed E-state index contributed by atoms with van der Waals surface area (Å²) in [5, 5.41) is 13.8. The highest BCUT2D eigenvalue weighted by Gasteiger charge is 2.22. The second-order valence-corrected chi connectivity index (χ2v) is 7.33. The Balaban J connectivity index is 0.00000341. The molecule has 1 aromatic heterocycles. The molecule has 0 unspecified atom stereocenters. The van der Waals surface area contributed by atoms with Crippen molar-refractivity contribution in [3.8, 4) is 0 Å². The van der Waals surface area contributed by atoms with Gasteiger partial charge in [-0.05, 0) is 31.5 Å². The minimum Gasteiger partial charge on any atom is -0.353 e. The molecule has 0 bridgehead atoms. The van der Waals surface area contributed by atoms with Crippen molar-refractivity contribution in [1.82, 2.24) is 30.6 Å². The molecule has 9 nitrogen and oxygen atoms in total. The van der Waals surface area contributed by atoms with Crippen molar-refractivity contribution in [3.63, 3.8) is 0 Å². The molecule has 2 amide bonds. The zero-order valence-corrected chi connectivity index (χ0v) is 20.7. The number of carbonyl (C=O) groups excluding carboxylic acids is 2. The van der Waals surface area contributed by atoms with Gasteiger partial charge in [-0.3, -0.25) is 19.3 Å². The fraction of sp³-hybridized carbons (Fsp3) is 0.429. The monoisotopic (exact) mass is 539 g/mol. The van der Waals surface area contributed by atoms with Gasteiger partial charge in [-0.2, -0.15) is 5.10 Å². The van der Waals surface area contributed by atoms with Gasteiger partial charge in [0.15, 0.2) is 5.96 Å². The number of hydrogen-bond donors (Lipinski definition) is 3. The lowest BCUT2D eigenvalue weighted by Gasteiger charge is -2.26. The molecule has 31 heavy (non-hydrogen) atoms. The van der Waals surface area contributed by atoms with Crippen molar-refractivity contribution in [3.05, 3.63) is 52.3 Å². The molecule has 0 aliphatic carbocycles. The highest BCUT2D eigenvalue weighted by Crippen LogP contribution is 2.11. The van der Waals surface area contributed by atoms with Crippen LogP contribution in [0.2, 0.25) is 0 Å². The first-order valence-electron chi connectivity index (χ1n) is 9.97. The number of nitrogens with zero attached hydrogens (tertiary/aromatic N) is 4. The van der Waals surface area contributed by atoms with Gasteiger partial charge in [0, 0.05) is 57.1 Å². The van der Waals surface area contributed by atoms with Crippen LogP contribution in [0.25, 0.3) is 0 Å². The van der Waals surface area contributed by atoms with Crippen molar-refractivity contribution >= 4 is 41.8 Å². The molecule has 1 aliphatic rings. The molecule has 0 spiro atoms. The molecule has 1 saturated heterocycles. The average Bonchev–Trinajstić information content (AvgIpc) is 2.99. The summed E-state index contributed by atoms with van der Waals surface area (Å²) in [5.74, 6) is 0.451. The number of carbonyl (C=O) groups is 2. The van der Waals surface area contributed by atoms with Crippen LogP contribution >= 0.6 is 24.0 Å². The Bertz CT molecular complexity index is 953. The van der Waals surface area contributed by atoms with Crippen LogP contribution in [0.5, 0.6) is 0 Å². The summed E-state index contributed by atoms with van der Waals surface area (Å²) in [7, 11) is 3.67. The number of hydrogen-bond acceptors (Lipinski definition) is 4. The van der Waals surface area contributed by atoms with E-state index in [1.807, 2.05) is 37.7 Å². The predicted molar refractivity (Wildman–Crippen MR) is 130 cm³/mol. The highest BCUT2D eigenvalue weighted by atomic mass is 127. The van der Waals surface area contributed by atoms with E-state index in [1.54, 1.807) is 24.1 Å². The van der Waals surface area contributed by atoms with Crippen molar-refractivity contribution in [2.75, 3.05) is 26.7 Å². The number of aromatic nitrogens is 2. The molecule has 0 radical (unpaired) electrons. The van der Waals surface area contributed by atoms with E-state index in [0.717, 1.165) is 22.5 Å². The van der Waals surface area contributed by atoms with E-state index in [4.69, 9.17) is 0 Å². The zero-order valence-electron chi connectivity index (χ0n) is 18.4. The van der Waals surface area contributed by atoms with Crippen LogP contribution in [-0.4, -0.2) is 59.1 Å². The normalized spacial score (nSPS) is 14.0. The Morgan fingerprint density at radius 1 is 1.19 bits per heavy atom. The molecule has 3 N–H and O–H groups in total. The maximum Gasteiger partial charge on any atom is 0.254 e. The van der Waals surface area contributed by atoms with Crippen LogP contribution in [0, 0.1) is 13.8 Å². The quantitative estimate of drug-likeness (QED) is 0.300. The number of benzene rings is 1. The summed E-state index contributed by atoms with van der Waals surface area (Å²) in [6, 6.07) is 7.41. The Labute approximate surface area is 199 Å². The molecule has 1 fully saturated rings. The van der Waals surface area contributed by atoms with Gasteiger partial charge in [0.1, 0.15) is 0 Å². The second-order valence-electron chi connectivity index (χ2n) is 7.33. The van der Waals surface area contributed by atoms with Gasteiger partial charge in [-0.25, -0.2) is 0 Å². The molecule has 168 valence electrons. The van der Waals surface area contributed by atoms with Crippen LogP contribution in [-0.2, 0) is 24.9 Å². The topological polar surface area (TPSA) is 104 Å². The number of piperazine rings is 1. The fourth-order valence-electron chi connectivity index (χ4n) is 3.41. The van der Waals surface area contributed by atoms with Crippen molar-refractivity contribution in [2.45, 2.75) is 26.9 Å². The highest BCUT2D eigenvalue weighted by molar-refractivity contribution is 14.0. The Morgan fingerprint density at radius 2 is 1.87 bits per heavy atom. The van der Waals surface area contributed by atoms with Gasteiger partial charge in [0.2, 0.25) is 5.91 Å². The molecule has 1 aliphatic heterocycles. The molecule has 3 rings (SSSR count). The lowest BCUT2D eigenvalue weighted by molar-refractivity contribution is -0.123. The number of halogens is 1. The number of guanidine groups is 1. The molecular formula is C21H30IN7O2. The molecule has 2 aromatic rings. The predicted octanol–water partition coefficient (Wildman–Crippen LogP) is 1.09. The summed E-state index contributed by atoms with van der Waals surface area (Å²) in [4.78, 5) is 29.9. The third-order valence-electron chi connectivity index (χ3n) is 5.30. The van der Waals surface area contributed by atoms with E-state index in [-0.39, 0.29) is 42.3 Å². The maximum atomic E-state index is 12.5. The number of rotatable bonds is 5. The van der Waals surface area contributed by atoms with Crippen molar-refractivity contribution < 1.29 is 9.59 Å². The summed E-state index contributed by atoms with van der Waals surface area (Å²) in [6.45, 7) is 6.40. The first kappa shape index (κ1) is 24.6. The Hall–Kier alpha value is -2.63. The van der Waals surface area contributed by atoms with E-state index in [9.17, 15) is 9.59 Å². The first-order valence-corrected chi connectivity index (χ1v) is 9.97. The van der Waals surface area contributed by atoms with Gasteiger partial charge in [0.05, 0.1) is 12.2 Å². The molecule has 1 aromatic carbocycles. The van der Waals surface area contributed by atoms with Crippen LogP contribution in [0.1, 0.15) is 32.9 Å². The van der Waals surface area contributed by atoms with Crippen molar-refractivity contribution in [1.29, 1.82) is 0 Å². The Kier molecular flexibility index (Phi) is 8.84. The molecular weight excluding hydrogens is 509 g/mol. The molecule has 10 heteroatoms. The van der Waals surface area contributed by atoms with Gasteiger partial charge < -0.3 is 20.9 Å². The zero-order chi connectivity index (χ0) is 21.7. The van der Waals surface area contributed by atoms with Gasteiger partial charge in [-0.1, -0.05) is 12.1 Å². The summed E-state index contributed by atoms with van der Waals surface area (Å²) in [5.41, 5.74) is 4.90. The second kappa shape index (κ2) is 11.1. The number of nitrogens with one attached hydrogen (secondary N) is 3. The van der Waals surface area contributed by atoms with E-state index in [0.29, 0.717) is 37.7 Å². The minimum atomic E-state index is -0.121. The molecule has 0 saturated carbocycles. The van der Waals surface area contributed by atoms with E-state index in [2.05, 4.69) is 26.0 Å². The number of aryl methyl sites for hydroxylation is 2.